The third-order valence-corrected chi connectivity index (χ3v) is 12.4. The van der Waals surface area contributed by atoms with E-state index in [0.717, 1.165) is 50.1 Å². The molecule has 0 spiro atoms. The Morgan fingerprint density at radius 3 is 1.50 bits per heavy atom. The molecule has 0 fully saturated rings. The summed E-state index contributed by atoms with van der Waals surface area (Å²) in [5, 5.41) is 0.135. The van der Waals surface area contributed by atoms with Gasteiger partial charge >= 0.3 is 0 Å². The fourth-order valence-electron chi connectivity index (χ4n) is 9.05. The molecule has 2 heterocycles. The number of benzene rings is 9. The number of furan rings is 1. The van der Waals surface area contributed by atoms with E-state index in [4.69, 9.17) is 19.4 Å². The molecule has 0 N–H and O–H groups in total. The summed E-state index contributed by atoms with van der Waals surface area (Å²) in [6.07, 6.45) is 0. The highest BCUT2D eigenvalue weighted by molar-refractivity contribution is 6.07. The van der Waals surface area contributed by atoms with Gasteiger partial charge in [-0.25, -0.2) is 15.0 Å². The van der Waals surface area contributed by atoms with Crippen LogP contribution in [0.1, 0.15) is 33.2 Å². The van der Waals surface area contributed by atoms with Gasteiger partial charge in [-0.2, -0.15) is 0 Å². The first kappa shape index (κ1) is 31.6. The molecule has 4 heteroatoms. The van der Waals surface area contributed by atoms with Crippen molar-refractivity contribution < 1.29 is 12.6 Å². The van der Waals surface area contributed by atoms with Gasteiger partial charge in [0.1, 0.15) is 11.2 Å². The highest BCUT2D eigenvalue weighted by atomic mass is 16.3. The van der Waals surface area contributed by atoms with Crippen molar-refractivity contribution in [2.24, 2.45) is 0 Å². The molecule has 302 valence electrons. The van der Waals surface area contributed by atoms with Gasteiger partial charge in [0.2, 0.25) is 0 Å². The maximum absolute atomic E-state index is 9.76. The van der Waals surface area contributed by atoms with Crippen LogP contribution in [0.4, 0.5) is 0 Å². The Kier molecular flexibility index (Phi) is 7.41. The molecule has 12 rings (SSSR count). The highest BCUT2D eigenvalue weighted by Gasteiger charge is 2.35. The summed E-state index contributed by atoms with van der Waals surface area (Å²) in [6.45, 7) is 4.41. The monoisotopic (exact) mass is 825 g/mol. The number of aromatic nitrogens is 3. The molecule has 9 aromatic carbocycles. The Labute approximate surface area is 380 Å². The summed E-state index contributed by atoms with van der Waals surface area (Å²) in [4.78, 5) is 15.0. The zero-order chi connectivity index (χ0) is 48.0. The Morgan fingerprint density at radius 1 is 0.359 bits per heavy atom. The lowest BCUT2D eigenvalue weighted by Gasteiger charge is -2.21. The fraction of sp³-hybridized carbons (Fsp3) is 0.0500. The van der Waals surface area contributed by atoms with E-state index in [2.05, 4.69) is 56.3 Å². The number of hydrogen-bond acceptors (Lipinski definition) is 4. The second kappa shape index (κ2) is 15.0. The van der Waals surface area contributed by atoms with Crippen molar-refractivity contribution in [3.05, 3.63) is 223 Å². The summed E-state index contributed by atoms with van der Waals surface area (Å²) in [7, 11) is 0. The first-order valence-electron chi connectivity index (χ1n) is 24.4. The Bertz CT molecular complexity index is 3850. The van der Waals surface area contributed by atoms with Crippen LogP contribution in [-0.2, 0) is 5.41 Å². The van der Waals surface area contributed by atoms with Gasteiger partial charge in [-0.15, -0.1) is 0 Å². The molecular weight excluding hydrogens is 779 g/mol. The standard InChI is InChI=1S/C60H41N3O/c1-60(2)53-21-13-12-20-49(53)50-29-26-44(36-54(50)60)58-61-57(42-24-22-41(23-25-42)38-14-6-3-7-15-38)62-59(63-58)45-27-30-51-52-35-43(28-31-55(52)64-56(51)37-45)48-33-46(39-16-8-4-9-17-39)32-47(34-48)40-18-10-5-11-19-40/h3-37H,1-2H3/i27D,28D,30D,31D,35D,37D. The molecule has 2 aromatic heterocycles. The minimum absolute atomic E-state index is 0.00580. The first-order chi connectivity index (χ1) is 34.0. The van der Waals surface area contributed by atoms with Gasteiger partial charge in [0.25, 0.3) is 0 Å². The van der Waals surface area contributed by atoms with E-state index in [0.29, 0.717) is 22.8 Å². The van der Waals surface area contributed by atoms with E-state index in [1.807, 2.05) is 133 Å². The van der Waals surface area contributed by atoms with E-state index < -0.39 is 0 Å². The van der Waals surface area contributed by atoms with Gasteiger partial charge in [0.15, 0.2) is 17.5 Å². The van der Waals surface area contributed by atoms with Crippen LogP contribution >= 0.6 is 0 Å². The molecule has 0 aliphatic heterocycles. The molecule has 4 nitrogen and oxygen atoms in total. The average molecular weight is 826 g/mol. The zero-order valence-electron chi connectivity index (χ0n) is 41.0. The lowest BCUT2D eigenvalue weighted by atomic mass is 9.82. The molecule has 1 aliphatic rings. The van der Waals surface area contributed by atoms with E-state index >= 15 is 0 Å². The maximum atomic E-state index is 9.76. The smallest absolute Gasteiger partial charge is 0.164 e. The second-order valence-electron chi connectivity index (χ2n) is 16.7. The van der Waals surface area contributed by atoms with Gasteiger partial charge < -0.3 is 4.42 Å². The van der Waals surface area contributed by atoms with Crippen molar-refractivity contribution in [2.75, 3.05) is 0 Å². The molecule has 0 saturated heterocycles. The lowest BCUT2D eigenvalue weighted by molar-refractivity contribution is 0.660. The van der Waals surface area contributed by atoms with Crippen LogP contribution in [0.15, 0.2) is 217 Å². The topological polar surface area (TPSA) is 51.8 Å². The van der Waals surface area contributed by atoms with E-state index in [1.54, 1.807) is 0 Å². The highest BCUT2D eigenvalue weighted by Crippen LogP contribution is 2.49. The molecule has 0 bridgehead atoms. The van der Waals surface area contributed by atoms with Crippen molar-refractivity contribution in [3.63, 3.8) is 0 Å². The Hall–Kier alpha value is -8.21. The largest absolute Gasteiger partial charge is 0.456 e. The van der Waals surface area contributed by atoms with Crippen LogP contribution in [0.25, 0.3) is 112 Å². The van der Waals surface area contributed by atoms with Crippen molar-refractivity contribution >= 4 is 21.9 Å². The van der Waals surface area contributed by atoms with E-state index in [1.165, 1.54) is 11.1 Å². The maximum Gasteiger partial charge on any atom is 0.164 e. The predicted octanol–water partition coefficient (Wildman–Crippen LogP) is 15.7. The Morgan fingerprint density at radius 2 is 0.844 bits per heavy atom. The van der Waals surface area contributed by atoms with Crippen molar-refractivity contribution in [3.8, 4) is 89.8 Å². The molecule has 0 saturated carbocycles. The molecule has 11 aromatic rings. The number of nitrogens with zero attached hydrogens (tertiary/aromatic N) is 3. The average Bonchev–Trinajstić information content (AvgIpc) is 3.92. The van der Waals surface area contributed by atoms with Crippen LogP contribution in [0.3, 0.4) is 0 Å². The number of fused-ring (bicyclic) bond motifs is 6. The first-order valence-corrected chi connectivity index (χ1v) is 21.4. The SMILES string of the molecule is [2H]c1c(-c2cc(-c3ccccc3)cc(-c3ccccc3)c2)c([2H])c2c(oc3c([2H])c(-c4nc(-c5ccc(-c6ccccc6)cc5)nc(-c5ccc6c(c5)C(C)(C)c5ccccc5-6)n4)c([2H])c([2H])c32)c1[2H]. The summed E-state index contributed by atoms with van der Waals surface area (Å²) in [5.74, 6) is 0.650. The fourth-order valence-corrected chi connectivity index (χ4v) is 9.05. The lowest BCUT2D eigenvalue weighted by Crippen LogP contribution is -2.15. The second-order valence-corrected chi connectivity index (χ2v) is 16.7. The third-order valence-electron chi connectivity index (χ3n) is 12.4. The van der Waals surface area contributed by atoms with Crippen molar-refractivity contribution in [1.29, 1.82) is 0 Å². The molecule has 64 heavy (non-hydrogen) atoms. The molecule has 0 unspecified atom stereocenters. The van der Waals surface area contributed by atoms with Crippen LogP contribution in [-0.4, -0.2) is 15.0 Å². The third kappa shape index (κ3) is 6.51. The zero-order valence-corrected chi connectivity index (χ0v) is 35.0. The molecule has 1 aliphatic carbocycles. The quantitative estimate of drug-likeness (QED) is 0.161. The number of hydrogen-bond donors (Lipinski definition) is 0. The van der Waals surface area contributed by atoms with Gasteiger partial charge in [-0.3, -0.25) is 0 Å². The molecular formula is C60H41N3O. The summed E-state index contributed by atoms with van der Waals surface area (Å²) in [6, 6.07) is 56.6. The van der Waals surface area contributed by atoms with E-state index in [9.17, 15) is 8.22 Å². The Balaban J connectivity index is 1.05. The van der Waals surface area contributed by atoms with Crippen LogP contribution in [0.5, 0.6) is 0 Å². The van der Waals surface area contributed by atoms with Crippen LogP contribution in [0, 0.1) is 0 Å². The number of rotatable bonds is 7. The minimum atomic E-state index is -0.340. The summed E-state index contributed by atoms with van der Waals surface area (Å²) < 4.78 is 63.7. The molecule has 0 radical (unpaired) electrons. The van der Waals surface area contributed by atoms with Gasteiger partial charge in [-0.05, 0) is 115 Å². The van der Waals surface area contributed by atoms with Crippen LogP contribution < -0.4 is 0 Å². The van der Waals surface area contributed by atoms with Gasteiger partial charge in [0.05, 0.1) is 8.22 Å². The van der Waals surface area contributed by atoms with E-state index in [-0.39, 0.29) is 80.6 Å². The van der Waals surface area contributed by atoms with Crippen LogP contribution in [0.2, 0.25) is 0 Å². The van der Waals surface area contributed by atoms with Gasteiger partial charge in [-0.1, -0.05) is 178 Å². The van der Waals surface area contributed by atoms with Gasteiger partial charge in [0, 0.05) is 32.9 Å². The normalized spacial score (nSPS) is 14.0. The van der Waals surface area contributed by atoms with Crippen molar-refractivity contribution in [1.82, 2.24) is 15.0 Å². The molecule has 0 amide bonds. The van der Waals surface area contributed by atoms with Crippen molar-refractivity contribution in [2.45, 2.75) is 19.3 Å². The summed E-state index contributed by atoms with van der Waals surface area (Å²) in [5.41, 5.74) is 11.9. The minimum Gasteiger partial charge on any atom is -0.456 e. The summed E-state index contributed by atoms with van der Waals surface area (Å²) >= 11 is 0. The molecule has 0 atom stereocenters. The predicted molar refractivity (Wildman–Crippen MR) is 263 cm³/mol.